The van der Waals surface area contributed by atoms with Crippen molar-refractivity contribution < 1.29 is 0 Å². The summed E-state index contributed by atoms with van der Waals surface area (Å²) in [7, 11) is 2.20. The summed E-state index contributed by atoms with van der Waals surface area (Å²) in [6.07, 6.45) is 9.04. The normalized spacial score (nSPS) is 18.4. The van der Waals surface area contributed by atoms with Gasteiger partial charge in [0.1, 0.15) is 0 Å². The third-order valence-corrected chi connectivity index (χ3v) is 3.90. The summed E-state index contributed by atoms with van der Waals surface area (Å²) in [6.45, 7) is 9.91. The van der Waals surface area contributed by atoms with Gasteiger partial charge in [-0.05, 0) is 53.2 Å². The second kappa shape index (κ2) is 8.53. The number of rotatable bonds is 7. The number of nitrogens with one attached hydrogen (secondary N) is 1. The van der Waals surface area contributed by atoms with Gasteiger partial charge in [-0.15, -0.1) is 6.42 Å². The SMILES string of the molecule is C#CCN1CCC(NCCCN(C)C(C)C)CC1. The Balaban J connectivity index is 2.03. The quantitative estimate of drug-likeness (QED) is 0.545. The van der Waals surface area contributed by atoms with E-state index in [2.05, 4.69) is 41.9 Å². The van der Waals surface area contributed by atoms with Crippen LogP contribution in [0.2, 0.25) is 0 Å². The first-order valence-electron chi connectivity index (χ1n) is 7.23. The molecule has 0 saturated carbocycles. The van der Waals surface area contributed by atoms with Crippen LogP contribution in [0.1, 0.15) is 33.1 Å². The average Bonchev–Trinajstić information content (AvgIpc) is 2.36. The van der Waals surface area contributed by atoms with Crippen LogP contribution in [0.5, 0.6) is 0 Å². The Labute approximate surface area is 113 Å². The Hall–Kier alpha value is -0.560. The van der Waals surface area contributed by atoms with E-state index in [0.717, 1.165) is 26.2 Å². The number of hydrogen-bond donors (Lipinski definition) is 1. The number of likely N-dealkylation sites (tertiary alicyclic amines) is 1. The predicted molar refractivity (Wildman–Crippen MR) is 78.7 cm³/mol. The van der Waals surface area contributed by atoms with Crippen molar-refractivity contribution in [3.63, 3.8) is 0 Å². The number of nitrogens with zero attached hydrogens (tertiary/aromatic N) is 2. The van der Waals surface area contributed by atoms with Crippen molar-refractivity contribution in [3.05, 3.63) is 0 Å². The third kappa shape index (κ3) is 5.86. The monoisotopic (exact) mass is 251 g/mol. The lowest BCUT2D eigenvalue weighted by Crippen LogP contribution is -2.43. The van der Waals surface area contributed by atoms with Crippen LogP contribution in [0.3, 0.4) is 0 Å². The summed E-state index contributed by atoms with van der Waals surface area (Å²) >= 11 is 0. The summed E-state index contributed by atoms with van der Waals surface area (Å²) < 4.78 is 0. The molecule has 1 N–H and O–H groups in total. The number of hydrogen-bond acceptors (Lipinski definition) is 3. The molecule has 0 unspecified atom stereocenters. The molecule has 1 aliphatic heterocycles. The van der Waals surface area contributed by atoms with E-state index in [1.165, 1.54) is 25.8 Å². The summed E-state index contributed by atoms with van der Waals surface area (Å²) in [5.41, 5.74) is 0. The Morgan fingerprint density at radius 3 is 2.61 bits per heavy atom. The molecule has 0 aromatic heterocycles. The fourth-order valence-electron chi connectivity index (χ4n) is 2.32. The van der Waals surface area contributed by atoms with Crippen LogP contribution in [0, 0.1) is 12.3 Å². The molecule has 0 aliphatic carbocycles. The van der Waals surface area contributed by atoms with Crippen LogP contribution >= 0.6 is 0 Å². The Morgan fingerprint density at radius 1 is 1.39 bits per heavy atom. The van der Waals surface area contributed by atoms with Crippen LogP contribution < -0.4 is 5.32 Å². The van der Waals surface area contributed by atoms with Gasteiger partial charge in [0, 0.05) is 25.2 Å². The molecule has 0 radical (unpaired) electrons. The second-order valence-corrected chi connectivity index (χ2v) is 5.64. The van der Waals surface area contributed by atoms with Gasteiger partial charge in [0.25, 0.3) is 0 Å². The summed E-state index contributed by atoms with van der Waals surface area (Å²) in [4.78, 5) is 4.77. The predicted octanol–water partition coefficient (Wildman–Crippen LogP) is 1.40. The highest BCUT2D eigenvalue weighted by Gasteiger charge is 2.17. The molecule has 18 heavy (non-hydrogen) atoms. The minimum absolute atomic E-state index is 0.650. The van der Waals surface area contributed by atoms with Gasteiger partial charge in [-0.2, -0.15) is 0 Å². The molecule has 1 fully saturated rings. The first-order chi connectivity index (χ1) is 8.63. The lowest BCUT2D eigenvalue weighted by atomic mass is 10.1. The fourth-order valence-corrected chi connectivity index (χ4v) is 2.32. The van der Waals surface area contributed by atoms with Gasteiger partial charge in [-0.3, -0.25) is 4.90 Å². The van der Waals surface area contributed by atoms with Crippen LogP contribution in [-0.4, -0.2) is 61.7 Å². The first kappa shape index (κ1) is 15.5. The fraction of sp³-hybridized carbons (Fsp3) is 0.867. The molecule has 0 aromatic rings. The maximum atomic E-state index is 5.33. The van der Waals surface area contributed by atoms with E-state index in [-0.39, 0.29) is 0 Å². The van der Waals surface area contributed by atoms with Crippen molar-refractivity contribution in [2.75, 3.05) is 39.8 Å². The zero-order chi connectivity index (χ0) is 13.4. The van der Waals surface area contributed by atoms with Crippen LogP contribution in [0.15, 0.2) is 0 Å². The molecule has 1 saturated heterocycles. The topological polar surface area (TPSA) is 18.5 Å². The molecular formula is C15H29N3. The summed E-state index contributed by atoms with van der Waals surface area (Å²) in [5, 5.41) is 3.67. The third-order valence-electron chi connectivity index (χ3n) is 3.90. The van der Waals surface area contributed by atoms with Gasteiger partial charge >= 0.3 is 0 Å². The minimum atomic E-state index is 0.650. The lowest BCUT2D eigenvalue weighted by Gasteiger charge is -2.31. The highest BCUT2D eigenvalue weighted by molar-refractivity contribution is 4.90. The largest absolute Gasteiger partial charge is 0.314 e. The Bertz CT molecular complexity index is 249. The standard InChI is InChI=1S/C15H29N3/c1-5-10-18-12-7-15(8-13-18)16-9-6-11-17(4)14(2)3/h1,14-16H,6-13H2,2-4H3. The number of terminal acetylenes is 1. The van der Waals surface area contributed by atoms with E-state index < -0.39 is 0 Å². The van der Waals surface area contributed by atoms with E-state index in [1.54, 1.807) is 0 Å². The average molecular weight is 251 g/mol. The van der Waals surface area contributed by atoms with Crippen molar-refractivity contribution in [1.82, 2.24) is 15.1 Å². The molecule has 0 aromatic carbocycles. The van der Waals surface area contributed by atoms with E-state index in [9.17, 15) is 0 Å². The molecule has 1 rings (SSSR count). The molecule has 0 atom stereocenters. The van der Waals surface area contributed by atoms with Gasteiger partial charge in [0.15, 0.2) is 0 Å². The maximum Gasteiger partial charge on any atom is 0.0598 e. The van der Waals surface area contributed by atoms with Crippen LogP contribution in [-0.2, 0) is 0 Å². The van der Waals surface area contributed by atoms with E-state index in [1.807, 2.05) is 0 Å². The van der Waals surface area contributed by atoms with E-state index in [0.29, 0.717) is 12.1 Å². The number of piperidine rings is 1. The minimum Gasteiger partial charge on any atom is -0.314 e. The van der Waals surface area contributed by atoms with E-state index in [4.69, 9.17) is 6.42 Å². The van der Waals surface area contributed by atoms with Gasteiger partial charge < -0.3 is 10.2 Å². The summed E-state index contributed by atoms with van der Waals surface area (Å²) in [5.74, 6) is 2.73. The molecule has 1 heterocycles. The van der Waals surface area contributed by atoms with Gasteiger partial charge in [-0.1, -0.05) is 5.92 Å². The molecule has 104 valence electrons. The van der Waals surface area contributed by atoms with Crippen molar-refractivity contribution in [2.24, 2.45) is 0 Å². The molecular weight excluding hydrogens is 222 g/mol. The smallest absolute Gasteiger partial charge is 0.0598 e. The highest BCUT2D eigenvalue weighted by Crippen LogP contribution is 2.09. The van der Waals surface area contributed by atoms with Gasteiger partial charge in [-0.25, -0.2) is 0 Å². The van der Waals surface area contributed by atoms with Gasteiger partial charge in [0.05, 0.1) is 6.54 Å². The zero-order valence-corrected chi connectivity index (χ0v) is 12.3. The lowest BCUT2D eigenvalue weighted by molar-refractivity contribution is 0.214. The highest BCUT2D eigenvalue weighted by atomic mass is 15.1. The maximum absolute atomic E-state index is 5.33. The summed E-state index contributed by atoms with van der Waals surface area (Å²) in [6, 6.07) is 1.35. The molecule has 0 spiro atoms. The van der Waals surface area contributed by atoms with E-state index >= 15 is 0 Å². The Kier molecular flexibility index (Phi) is 7.34. The molecule has 3 heteroatoms. The van der Waals surface area contributed by atoms with Crippen LogP contribution in [0.25, 0.3) is 0 Å². The van der Waals surface area contributed by atoms with Crippen molar-refractivity contribution in [2.45, 2.75) is 45.2 Å². The molecule has 0 bridgehead atoms. The van der Waals surface area contributed by atoms with Crippen LogP contribution in [0.4, 0.5) is 0 Å². The van der Waals surface area contributed by atoms with Gasteiger partial charge in [0.2, 0.25) is 0 Å². The zero-order valence-electron chi connectivity index (χ0n) is 12.3. The molecule has 0 amide bonds. The van der Waals surface area contributed by atoms with Crippen molar-refractivity contribution >= 4 is 0 Å². The second-order valence-electron chi connectivity index (χ2n) is 5.64. The van der Waals surface area contributed by atoms with Crippen molar-refractivity contribution in [1.29, 1.82) is 0 Å². The molecule has 3 nitrogen and oxygen atoms in total. The Morgan fingerprint density at radius 2 is 2.06 bits per heavy atom. The molecule has 1 aliphatic rings. The van der Waals surface area contributed by atoms with Crippen molar-refractivity contribution in [3.8, 4) is 12.3 Å². The first-order valence-corrected chi connectivity index (χ1v) is 7.23.